The van der Waals surface area contributed by atoms with Crippen molar-refractivity contribution >= 4 is 28.6 Å². The van der Waals surface area contributed by atoms with Crippen molar-refractivity contribution < 1.29 is 14.1 Å². The number of rotatable bonds is 8. The number of aryl methyl sites for hydroxylation is 1. The summed E-state index contributed by atoms with van der Waals surface area (Å²) in [7, 11) is 0. The van der Waals surface area contributed by atoms with Gasteiger partial charge in [0.25, 0.3) is 17.5 Å². The topological polar surface area (TPSA) is 88.3 Å². The quantitative estimate of drug-likeness (QED) is 0.541. The second-order valence-electron chi connectivity index (χ2n) is 8.02. The number of aromatic nitrogens is 2. The van der Waals surface area contributed by atoms with E-state index in [2.05, 4.69) is 29.3 Å². The number of fused-ring (bicyclic) bond motifs is 1. The summed E-state index contributed by atoms with van der Waals surface area (Å²) >= 11 is 0. The molecule has 2 amide bonds. The third-order valence-corrected chi connectivity index (χ3v) is 5.14. The highest BCUT2D eigenvalue weighted by Crippen LogP contribution is 2.26. The van der Waals surface area contributed by atoms with E-state index in [-0.39, 0.29) is 17.7 Å². The molecule has 2 aromatic heterocycles. The minimum atomic E-state index is -0.265. The lowest BCUT2D eigenvalue weighted by Gasteiger charge is -2.21. The van der Waals surface area contributed by atoms with Crippen LogP contribution in [0.4, 0.5) is 5.69 Å². The number of anilines is 1. The highest BCUT2D eigenvalue weighted by Gasteiger charge is 2.20. The molecule has 3 rings (SSSR count). The Kier molecular flexibility index (Phi) is 7.05. The third kappa shape index (κ3) is 4.93. The van der Waals surface area contributed by atoms with E-state index in [1.54, 1.807) is 37.3 Å². The van der Waals surface area contributed by atoms with Gasteiger partial charge >= 0.3 is 0 Å². The third-order valence-electron chi connectivity index (χ3n) is 5.14. The Morgan fingerprint density at radius 3 is 2.32 bits per heavy atom. The van der Waals surface area contributed by atoms with E-state index in [0.717, 1.165) is 31.6 Å². The second kappa shape index (κ2) is 9.73. The molecule has 0 aliphatic heterocycles. The summed E-state index contributed by atoms with van der Waals surface area (Å²) in [5.74, 6) is -0.113. The number of hydrogen-bond acceptors (Lipinski definition) is 5. The highest BCUT2D eigenvalue weighted by molar-refractivity contribution is 6.12. The SMILES string of the molecule is CCCN(CCC)C(=O)c1ccc(NC(=O)c2cc(C(C)C)nc3onc(C)c23)cc1. The molecule has 0 saturated heterocycles. The van der Waals surface area contributed by atoms with Crippen LogP contribution in [0.2, 0.25) is 0 Å². The maximum absolute atomic E-state index is 13.1. The maximum atomic E-state index is 13.1. The minimum absolute atomic E-state index is 0.0130. The number of pyridine rings is 1. The summed E-state index contributed by atoms with van der Waals surface area (Å²) in [5, 5.41) is 7.50. The van der Waals surface area contributed by atoms with Crippen LogP contribution >= 0.6 is 0 Å². The zero-order chi connectivity index (χ0) is 22.5. The monoisotopic (exact) mass is 422 g/mol. The summed E-state index contributed by atoms with van der Waals surface area (Å²) in [6.07, 6.45) is 1.84. The Balaban J connectivity index is 1.83. The Morgan fingerprint density at radius 1 is 1.10 bits per heavy atom. The lowest BCUT2D eigenvalue weighted by atomic mass is 10.0. The van der Waals surface area contributed by atoms with E-state index in [4.69, 9.17) is 4.52 Å². The fourth-order valence-corrected chi connectivity index (χ4v) is 3.52. The van der Waals surface area contributed by atoms with E-state index in [1.165, 1.54) is 0 Å². The van der Waals surface area contributed by atoms with Gasteiger partial charge in [0.1, 0.15) is 0 Å². The van der Waals surface area contributed by atoms with Crippen LogP contribution in [0.1, 0.15) is 78.6 Å². The van der Waals surface area contributed by atoms with Gasteiger partial charge in [-0.3, -0.25) is 9.59 Å². The first-order valence-corrected chi connectivity index (χ1v) is 10.8. The van der Waals surface area contributed by atoms with Crippen LogP contribution in [0.25, 0.3) is 11.1 Å². The van der Waals surface area contributed by atoms with Gasteiger partial charge in [-0.2, -0.15) is 0 Å². The lowest BCUT2D eigenvalue weighted by Crippen LogP contribution is -2.32. The van der Waals surface area contributed by atoms with Crippen molar-refractivity contribution in [1.29, 1.82) is 0 Å². The number of carbonyl (C=O) groups excluding carboxylic acids is 2. The predicted octanol–water partition coefficient (Wildman–Crippen LogP) is 5.17. The van der Waals surface area contributed by atoms with Gasteiger partial charge in [0.2, 0.25) is 0 Å². The molecule has 0 radical (unpaired) electrons. The summed E-state index contributed by atoms with van der Waals surface area (Å²) in [5.41, 5.74) is 3.45. The molecule has 3 aromatic rings. The number of amides is 2. The van der Waals surface area contributed by atoms with Gasteiger partial charge in [0.05, 0.1) is 16.6 Å². The van der Waals surface area contributed by atoms with Gasteiger partial charge in [-0.05, 0) is 56.0 Å². The Bertz CT molecular complexity index is 1060. The zero-order valence-corrected chi connectivity index (χ0v) is 18.9. The van der Waals surface area contributed by atoms with Crippen molar-refractivity contribution in [1.82, 2.24) is 15.0 Å². The largest absolute Gasteiger partial charge is 0.339 e. The fourth-order valence-electron chi connectivity index (χ4n) is 3.52. The van der Waals surface area contributed by atoms with Gasteiger partial charge in [-0.1, -0.05) is 32.9 Å². The van der Waals surface area contributed by atoms with E-state index >= 15 is 0 Å². The number of nitrogens with one attached hydrogen (secondary N) is 1. The van der Waals surface area contributed by atoms with Crippen LogP contribution in [0.15, 0.2) is 34.9 Å². The van der Waals surface area contributed by atoms with E-state index < -0.39 is 0 Å². The average Bonchev–Trinajstić information content (AvgIpc) is 3.13. The summed E-state index contributed by atoms with van der Waals surface area (Å²) < 4.78 is 5.30. The van der Waals surface area contributed by atoms with Gasteiger partial charge < -0.3 is 14.7 Å². The van der Waals surface area contributed by atoms with Crippen LogP contribution in [-0.4, -0.2) is 39.9 Å². The van der Waals surface area contributed by atoms with Crippen LogP contribution in [0, 0.1) is 6.92 Å². The Labute approximate surface area is 182 Å². The first kappa shape index (κ1) is 22.5. The summed E-state index contributed by atoms with van der Waals surface area (Å²) in [4.78, 5) is 32.2. The van der Waals surface area contributed by atoms with Crippen molar-refractivity contribution in [2.24, 2.45) is 0 Å². The van der Waals surface area contributed by atoms with Gasteiger partial charge in [0, 0.05) is 30.0 Å². The summed E-state index contributed by atoms with van der Waals surface area (Å²) in [6, 6.07) is 8.80. The van der Waals surface area contributed by atoms with Crippen LogP contribution in [0.5, 0.6) is 0 Å². The number of nitrogens with zero attached hydrogens (tertiary/aromatic N) is 3. The molecular weight excluding hydrogens is 392 g/mol. The lowest BCUT2D eigenvalue weighted by molar-refractivity contribution is 0.0755. The molecule has 0 unspecified atom stereocenters. The normalized spacial score (nSPS) is 11.2. The summed E-state index contributed by atoms with van der Waals surface area (Å²) in [6.45, 7) is 11.4. The van der Waals surface area contributed by atoms with E-state index in [9.17, 15) is 9.59 Å². The van der Waals surface area contributed by atoms with Crippen molar-refractivity contribution in [3.8, 4) is 0 Å². The molecule has 7 nitrogen and oxygen atoms in total. The van der Waals surface area contributed by atoms with Crippen LogP contribution in [-0.2, 0) is 0 Å². The van der Waals surface area contributed by atoms with Crippen molar-refractivity contribution in [2.75, 3.05) is 18.4 Å². The molecule has 1 aromatic carbocycles. The standard InChI is InChI=1S/C24H30N4O3/c1-6-12-28(13-7-2)24(30)17-8-10-18(11-9-17)25-22(29)19-14-20(15(3)4)26-23-21(19)16(5)27-31-23/h8-11,14-15H,6-7,12-13H2,1-5H3,(H,25,29). The average molecular weight is 423 g/mol. The fraction of sp³-hybridized carbons (Fsp3) is 0.417. The van der Waals surface area contributed by atoms with E-state index in [0.29, 0.717) is 33.6 Å². The molecule has 0 bridgehead atoms. The van der Waals surface area contributed by atoms with Gasteiger partial charge in [-0.15, -0.1) is 0 Å². The molecule has 0 atom stereocenters. The highest BCUT2D eigenvalue weighted by atomic mass is 16.5. The molecule has 2 heterocycles. The number of benzene rings is 1. The van der Waals surface area contributed by atoms with Crippen LogP contribution < -0.4 is 5.32 Å². The molecule has 0 aliphatic rings. The number of hydrogen-bond donors (Lipinski definition) is 1. The molecule has 164 valence electrons. The first-order chi connectivity index (χ1) is 14.8. The molecule has 0 fully saturated rings. The molecular formula is C24H30N4O3. The van der Waals surface area contributed by atoms with Gasteiger partial charge in [-0.25, -0.2) is 4.98 Å². The first-order valence-electron chi connectivity index (χ1n) is 10.8. The molecule has 0 aliphatic carbocycles. The molecule has 31 heavy (non-hydrogen) atoms. The number of carbonyl (C=O) groups is 2. The molecule has 0 saturated carbocycles. The minimum Gasteiger partial charge on any atom is -0.339 e. The molecule has 7 heteroatoms. The van der Waals surface area contributed by atoms with Crippen molar-refractivity contribution in [2.45, 2.75) is 53.4 Å². The van der Waals surface area contributed by atoms with Gasteiger partial charge in [0.15, 0.2) is 0 Å². The predicted molar refractivity (Wildman–Crippen MR) is 122 cm³/mol. The van der Waals surface area contributed by atoms with Crippen molar-refractivity contribution in [3.05, 3.63) is 52.8 Å². The molecule has 1 N–H and O–H groups in total. The Hall–Kier alpha value is -3.22. The smallest absolute Gasteiger partial charge is 0.259 e. The zero-order valence-electron chi connectivity index (χ0n) is 18.9. The molecule has 0 spiro atoms. The van der Waals surface area contributed by atoms with Crippen molar-refractivity contribution in [3.63, 3.8) is 0 Å². The Morgan fingerprint density at radius 2 is 1.74 bits per heavy atom. The van der Waals surface area contributed by atoms with Crippen LogP contribution in [0.3, 0.4) is 0 Å². The maximum Gasteiger partial charge on any atom is 0.259 e. The van der Waals surface area contributed by atoms with E-state index in [1.807, 2.05) is 18.7 Å². The second-order valence-corrected chi connectivity index (χ2v) is 8.02.